The predicted octanol–water partition coefficient (Wildman–Crippen LogP) is 3.39. The summed E-state index contributed by atoms with van der Waals surface area (Å²) in [6.07, 6.45) is 3.28. The van der Waals surface area contributed by atoms with Gasteiger partial charge in [-0.3, -0.25) is 4.98 Å². The molecule has 0 fully saturated rings. The smallest absolute Gasteiger partial charge is 0.144 e. The Morgan fingerprint density at radius 2 is 2.16 bits per heavy atom. The van der Waals surface area contributed by atoms with Crippen LogP contribution in [-0.4, -0.2) is 16.5 Å². The summed E-state index contributed by atoms with van der Waals surface area (Å²) < 4.78 is 19.1. The number of hydrogen-bond donors (Lipinski definition) is 1. The summed E-state index contributed by atoms with van der Waals surface area (Å²) >= 11 is 3.09. The highest BCUT2D eigenvalue weighted by atomic mass is 79.9. The van der Waals surface area contributed by atoms with E-state index in [-0.39, 0.29) is 12.4 Å². The fourth-order valence-corrected chi connectivity index (χ4v) is 1.67. The van der Waals surface area contributed by atoms with Gasteiger partial charge in [0.25, 0.3) is 0 Å². The number of nitrogens with zero attached hydrogens (tertiary/aromatic N) is 2. The molecule has 1 aromatic heterocycles. The first-order chi connectivity index (χ1) is 9.19. The van der Waals surface area contributed by atoms with Gasteiger partial charge in [-0.2, -0.15) is 0 Å². The first-order valence-corrected chi connectivity index (χ1v) is 6.61. The second-order valence-electron chi connectivity index (χ2n) is 3.79. The standard InChI is InChI=1S/C13H13BrFN3O/c1-2-16-13-7-17-9(6-18-13)8-19-10-3-4-11(14)12(15)5-10/h3-7H,2,8H2,1H3,(H,16,18). The normalized spacial score (nSPS) is 10.3. The van der Waals surface area contributed by atoms with Crippen LogP contribution >= 0.6 is 15.9 Å². The third kappa shape index (κ3) is 3.89. The third-order valence-corrected chi connectivity index (χ3v) is 2.98. The maximum Gasteiger partial charge on any atom is 0.144 e. The van der Waals surface area contributed by atoms with Gasteiger partial charge < -0.3 is 10.1 Å². The lowest BCUT2D eigenvalue weighted by Crippen LogP contribution is -2.03. The molecular weight excluding hydrogens is 313 g/mol. The number of rotatable bonds is 5. The van der Waals surface area contributed by atoms with Crippen LogP contribution in [0.15, 0.2) is 35.1 Å². The summed E-state index contributed by atoms with van der Waals surface area (Å²) in [5, 5.41) is 3.05. The van der Waals surface area contributed by atoms with Crippen LogP contribution in [0.1, 0.15) is 12.6 Å². The molecule has 0 unspecified atom stereocenters. The zero-order valence-electron chi connectivity index (χ0n) is 10.4. The summed E-state index contributed by atoms with van der Waals surface area (Å²) in [5.74, 6) is 0.824. The zero-order chi connectivity index (χ0) is 13.7. The highest BCUT2D eigenvalue weighted by molar-refractivity contribution is 9.10. The van der Waals surface area contributed by atoms with Crippen LogP contribution in [0.2, 0.25) is 0 Å². The van der Waals surface area contributed by atoms with Gasteiger partial charge in [0.15, 0.2) is 0 Å². The molecule has 1 heterocycles. The van der Waals surface area contributed by atoms with Gasteiger partial charge in [0.2, 0.25) is 0 Å². The molecule has 0 saturated heterocycles. The fourth-order valence-electron chi connectivity index (χ4n) is 1.43. The Labute approximate surface area is 119 Å². The van der Waals surface area contributed by atoms with Crippen molar-refractivity contribution in [2.24, 2.45) is 0 Å². The van der Waals surface area contributed by atoms with Gasteiger partial charge in [-0.25, -0.2) is 9.37 Å². The predicted molar refractivity (Wildman–Crippen MR) is 74.6 cm³/mol. The van der Waals surface area contributed by atoms with E-state index in [9.17, 15) is 4.39 Å². The molecule has 0 radical (unpaired) electrons. The van der Waals surface area contributed by atoms with E-state index in [1.54, 1.807) is 24.5 Å². The van der Waals surface area contributed by atoms with Crippen LogP contribution in [0, 0.1) is 5.82 Å². The van der Waals surface area contributed by atoms with Crippen molar-refractivity contribution in [3.63, 3.8) is 0 Å². The molecule has 0 bridgehead atoms. The highest BCUT2D eigenvalue weighted by Crippen LogP contribution is 2.21. The van der Waals surface area contributed by atoms with Crippen molar-refractivity contribution in [2.75, 3.05) is 11.9 Å². The van der Waals surface area contributed by atoms with Gasteiger partial charge in [0.05, 0.1) is 22.6 Å². The molecule has 0 atom stereocenters. The monoisotopic (exact) mass is 325 g/mol. The summed E-state index contributed by atoms with van der Waals surface area (Å²) in [6, 6.07) is 4.61. The van der Waals surface area contributed by atoms with Crippen molar-refractivity contribution in [1.29, 1.82) is 0 Å². The van der Waals surface area contributed by atoms with Crippen molar-refractivity contribution in [2.45, 2.75) is 13.5 Å². The molecule has 1 N–H and O–H groups in total. The van der Waals surface area contributed by atoms with E-state index in [1.807, 2.05) is 6.92 Å². The average molecular weight is 326 g/mol. The molecule has 0 aliphatic rings. The molecule has 6 heteroatoms. The maximum atomic E-state index is 13.3. The van der Waals surface area contributed by atoms with Gasteiger partial charge >= 0.3 is 0 Å². The van der Waals surface area contributed by atoms with Crippen molar-refractivity contribution in [1.82, 2.24) is 9.97 Å². The molecule has 0 amide bonds. The largest absolute Gasteiger partial charge is 0.487 e. The van der Waals surface area contributed by atoms with Crippen molar-refractivity contribution in [3.05, 3.63) is 46.6 Å². The first-order valence-electron chi connectivity index (χ1n) is 5.81. The number of halogens is 2. The Balaban J connectivity index is 1.96. The van der Waals surface area contributed by atoms with Gasteiger partial charge in [-0.05, 0) is 35.0 Å². The lowest BCUT2D eigenvalue weighted by molar-refractivity contribution is 0.299. The van der Waals surface area contributed by atoms with Crippen molar-refractivity contribution < 1.29 is 9.13 Å². The fraction of sp³-hybridized carbons (Fsp3) is 0.231. The zero-order valence-corrected chi connectivity index (χ0v) is 11.9. The Bertz CT molecular complexity index is 548. The van der Waals surface area contributed by atoms with Crippen LogP contribution in [0.4, 0.5) is 10.2 Å². The molecule has 100 valence electrons. The topological polar surface area (TPSA) is 47.0 Å². The summed E-state index contributed by atoms with van der Waals surface area (Å²) in [5.41, 5.74) is 0.685. The Kier molecular flexibility index (Phi) is 4.68. The summed E-state index contributed by atoms with van der Waals surface area (Å²) in [6.45, 7) is 3.03. The van der Waals surface area contributed by atoms with E-state index in [1.165, 1.54) is 6.07 Å². The second-order valence-corrected chi connectivity index (χ2v) is 4.64. The molecule has 19 heavy (non-hydrogen) atoms. The Morgan fingerprint density at radius 3 is 2.79 bits per heavy atom. The van der Waals surface area contributed by atoms with E-state index in [2.05, 4.69) is 31.2 Å². The number of aromatic nitrogens is 2. The molecule has 2 rings (SSSR count). The minimum atomic E-state index is -0.355. The Morgan fingerprint density at radius 1 is 1.32 bits per heavy atom. The molecule has 0 aliphatic carbocycles. The lowest BCUT2D eigenvalue weighted by atomic mass is 10.3. The summed E-state index contributed by atoms with van der Waals surface area (Å²) in [4.78, 5) is 8.38. The van der Waals surface area contributed by atoms with Crippen LogP contribution in [0.5, 0.6) is 5.75 Å². The van der Waals surface area contributed by atoms with Crippen molar-refractivity contribution in [3.8, 4) is 5.75 Å². The Hall–Kier alpha value is -1.69. The lowest BCUT2D eigenvalue weighted by Gasteiger charge is -2.07. The van der Waals surface area contributed by atoms with E-state index in [0.717, 1.165) is 12.4 Å². The van der Waals surface area contributed by atoms with Gasteiger partial charge in [-0.15, -0.1) is 0 Å². The highest BCUT2D eigenvalue weighted by Gasteiger charge is 2.03. The van der Waals surface area contributed by atoms with E-state index >= 15 is 0 Å². The van der Waals surface area contributed by atoms with Gasteiger partial charge in [0.1, 0.15) is 24.0 Å². The van der Waals surface area contributed by atoms with E-state index < -0.39 is 0 Å². The average Bonchev–Trinajstić information content (AvgIpc) is 2.42. The quantitative estimate of drug-likeness (QED) is 0.915. The molecule has 0 saturated carbocycles. The first kappa shape index (κ1) is 13.7. The van der Waals surface area contributed by atoms with Gasteiger partial charge in [-0.1, -0.05) is 0 Å². The number of anilines is 1. The number of hydrogen-bond acceptors (Lipinski definition) is 4. The molecule has 4 nitrogen and oxygen atoms in total. The third-order valence-electron chi connectivity index (χ3n) is 2.34. The molecule has 0 spiro atoms. The molecule has 0 aliphatic heterocycles. The number of benzene rings is 1. The van der Waals surface area contributed by atoms with Crippen LogP contribution in [-0.2, 0) is 6.61 Å². The van der Waals surface area contributed by atoms with Crippen molar-refractivity contribution >= 4 is 21.7 Å². The second kappa shape index (κ2) is 6.47. The molecular formula is C13H13BrFN3O. The minimum Gasteiger partial charge on any atom is -0.487 e. The van der Waals surface area contributed by atoms with Crippen LogP contribution in [0.25, 0.3) is 0 Å². The molecule has 2 aromatic rings. The van der Waals surface area contributed by atoms with E-state index in [4.69, 9.17) is 4.74 Å². The van der Waals surface area contributed by atoms with Gasteiger partial charge in [0, 0.05) is 12.6 Å². The van der Waals surface area contributed by atoms with Crippen LogP contribution < -0.4 is 10.1 Å². The maximum absolute atomic E-state index is 13.3. The number of nitrogens with one attached hydrogen (secondary N) is 1. The molecule has 1 aromatic carbocycles. The number of ether oxygens (including phenoxy) is 1. The van der Waals surface area contributed by atoms with E-state index in [0.29, 0.717) is 15.9 Å². The minimum absolute atomic E-state index is 0.250. The summed E-state index contributed by atoms with van der Waals surface area (Å²) in [7, 11) is 0. The SMILES string of the molecule is CCNc1cnc(COc2ccc(Br)c(F)c2)cn1. The van der Waals surface area contributed by atoms with Crippen LogP contribution in [0.3, 0.4) is 0 Å².